The third-order valence-electron chi connectivity index (χ3n) is 3.84. The Hall–Kier alpha value is -3.42. The van der Waals surface area contributed by atoms with Gasteiger partial charge in [0.1, 0.15) is 11.4 Å². The topological polar surface area (TPSA) is 103 Å². The van der Waals surface area contributed by atoms with Gasteiger partial charge in [0.15, 0.2) is 5.76 Å². The summed E-state index contributed by atoms with van der Waals surface area (Å²) in [5.41, 5.74) is 1.37. The number of non-ortho nitro benzene ring substituents is 1. The van der Waals surface area contributed by atoms with E-state index in [4.69, 9.17) is 4.42 Å². The largest absolute Gasteiger partial charge is 0.463 e. The van der Waals surface area contributed by atoms with E-state index in [1.807, 2.05) is 6.92 Å². The minimum atomic E-state index is -0.473. The van der Waals surface area contributed by atoms with Gasteiger partial charge in [0.2, 0.25) is 0 Å². The first-order valence-corrected chi connectivity index (χ1v) is 8.27. The lowest BCUT2D eigenvalue weighted by atomic mass is 10.2. The smallest absolute Gasteiger partial charge is 0.270 e. The van der Waals surface area contributed by atoms with Crippen molar-refractivity contribution in [2.45, 2.75) is 19.8 Å². The number of nitrogens with one attached hydrogen (secondary N) is 1. The van der Waals surface area contributed by atoms with Gasteiger partial charge < -0.3 is 9.73 Å². The van der Waals surface area contributed by atoms with E-state index in [9.17, 15) is 14.9 Å². The molecule has 8 nitrogen and oxygen atoms in total. The molecule has 134 valence electrons. The predicted octanol–water partition coefficient (Wildman–Crippen LogP) is 3.57. The monoisotopic (exact) mass is 354 g/mol. The first kappa shape index (κ1) is 17.4. The first-order valence-electron chi connectivity index (χ1n) is 8.27. The highest BCUT2D eigenvalue weighted by Gasteiger charge is 2.19. The van der Waals surface area contributed by atoms with Gasteiger partial charge in [-0.25, -0.2) is 4.68 Å². The number of nitro benzene ring substituents is 1. The number of nitro groups is 1. The highest BCUT2D eigenvalue weighted by molar-refractivity contribution is 5.94. The molecule has 1 aromatic carbocycles. The summed E-state index contributed by atoms with van der Waals surface area (Å²) in [7, 11) is 0. The van der Waals surface area contributed by atoms with Crippen molar-refractivity contribution in [3.8, 4) is 17.1 Å². The van der Waals surface area contributed by atoms with E-state index in [1.165, 1.54) is 23.1 Å². The van der Waals surface area contributed by atoms with Gasteiger partial charge in [0.25, 0.3) is 11.6 Å². The summed E-state index contributed by atoms with van der Waals surface area (Å²) in [6, 6.07) is 11.0. The van der Waals surface area contributed by atoms with Crippen molar-refractivity contribution >= 4 is 11.6 Å². The summed E-state index contributed by atoms with van der Waals surface area (Å²) < 4.78 is 6.82. The third-order valence-corrected chi connectivity index (χ3v) is 3.84. The van der Waals surface area contributed by atoms with Crippen LogP contribution in [0.5, 0.6) is 0 Å². The van der Waals surface area contributed by atoms with E-state index < -0.39 is 4.92 Å². The number of nitrogens with zero attached hydrogens (tertiary/aromatic N) is 3. The van der Waals surface area contributed by atoms with Gasteiger partial charge in [-0.2, -0.15) is 5.10 Å². The molecule has 3 aromatic rings. The molecule has 0 saturated heterocycles. The summed E-state index contributed by atoms with van der Waals surface area (Å²) in [5, 5.41) is 18.1. The number of hydrogen-bond donors (Lipinski definition) is 1. The van der Waals surface area contributed by atoms with Crippen LogP contribution < -0.4 is 5.32 Å². The zero-order valence-corrected chi connectivity index (χ0v) is 14.2. The van der Waals surface area contributed by atoms with Crippen molar-refractivity contribution in [2.24, 2.45) is 0 Å². The standard InChI is InChI=1S/C18H18N4O4/c1-2-3-10-19-18(23)16-12-15(17-5-4-11-26-17)20-21(16)13-6-8-14(9-7-13)22(24)25/h4-9,11-12H,2-3,10H2,1H3,(H,19,23). The quantitative estimate of drug-likeness (QED) is 0.397. The van der Waals surface area contributed by atoms with E-state index >= 15 is 0 Å². The minimum absolute atomic E-state index is 0.0267. The Morgan fingerprint density at radius 3 is 2.69 bits per heavy atom. The molecular formula is C18H18N4O4. The highest BCUT2D eigenvalue weighted by atomic mass is 16.6. The number of benzene rings is 1. The molecule has 0 radical (unpaired) electrons. The lowest BCUT2D eigenvalue weighted by Gasteiger charge is -2.08. The van der Waals surface area contributed by atoms with Crippen molar-refractivity contribution in [3.05, 3.63) is 64.5 Å². The lowest BCUT2D eigenvalue weighted by Crippen LogP contribution is -2.26. The van der Waals surface area contributed by atoms with Crippen LogP contribution in [0.1, 0.15) is 30.3 Å². The summed E-state index contributed by atoms with van der Waals surface area (Å²) in [6.45, 7) is 2.61. The van der Waals surface area contributed by atoms with Crippen LogP contribution in [0.3, 0.4) is 0 Å². The summed E-state index contributed by atoms with van der Waals surface area (Å²) >= 11 is 0. The molecule has 0 aliphatic heterocycles. The second kappa shape index (κ2) is 7.64. The molecule has 0 unspecified atom stereocenters. The Balaban J connectivity index is 1.98. The second-order valence-electron chi connectivity index (χ2n) is 5.69. The summed E-state index contributed by atoms with van der Waals surface area (Å²) in [4.78, 5) is 22.9. The maximum atomic E-state index is 12.6. The molecule has 8 heteroatoms. The van der Waals surface area contributed by atoms with Gasteiger partial charge in [0.05, 0.1) is 16.9 Å². The molecule has 2 heterocycles. The number of amides is 1. The number of furan rings is 1. The van der Waals surface area contributed by atoms with Crippen molar-refractivity contribution in [3.63, 3.8) is 0 Å². The predicted molar refractivity (Wildman–Crippen MR) is 95.2 cm³/mol. The van der Waals surface area contributed by atoms with Crippen molar-refractivity contribution in [2.75, 3.05) is 6.54 Å². The van der Waals surface area contributed by atoms with Crippen LogP contribution in [-0.4, -0.2) is 27.2 Å². The van der Waals surface area contributed by atoms with Crippen LogP contribution in [0, 0.1) is 10.1 Å². The first-order chi connectivity index (χ1) is 12.6. The molecule has 26 heavy (non-hydrogen) atoms. The minimum Gasteiger partial charge on any atom is -0.463 e. The van der Waals surface area contributed by atoms with Crippen molar-refractivity contribution in [1.82, 2.24) is 15.1 Å². The van der Waals surface area contributed by atoms with Crippen LogP contribution in [-0.2, 0) is 0 Å². The van der Waals surface area contributed by atoms with E-state index in [2.05, 4.69) is 10.4 Å². The zero-order chi connectivity index (χ0) is 18.5. The Morgan fingerprint density at radius 2 is 2.08 bits per heavy atom. The van der Waals surface area contributed by atoms with Crippen LogP contribution >= 0.6 is 0 Å². The van der Waals surface area contributed by atoms with E-state index in [-0.39, 0.29) is 11.6 Å². The molecule has 0 aliphatic carbocycles. The van der Waals surface area contributed by atoms with Crippen LogP contribution in [0.15, 0.2) is 53.1 Å². The highest BCUT2D eigenvalue weighted by Crippen LogP contribution is 2.23. The maximum absolute atomic E-state index is 12.6. The molecule has 0 atom stereocenters. The molecule has 2 aromatic heterocycles. The maximum Gasteiger partial charge on any atom is 0.270 e. The number of rotatable bonds is 7. The molecule has 3 rings (SSSR count). The van der Waals surface area contributed by atoms with Gasteiger partial charge in [-0.3, -0.25) is 14.9 Å². The number of carbonyl (C=O) groups excluding carboxylic acids is 1. The number of carbonyl (C=O) groups is 1. The Bertz CT molecular complexity index is 898. The van der Waals surface area contributed by atoms with Crippen LogP contribution in [0.2, 0.25) is 0 Å². The number of unbranched alkanes of at least 4 members (excludes halogenated alkanes) is 1. The normalized spacial score (nSPS) is 10.7. The van der Waals surface area contributed by atoms with Gasteiger partial charge in [-0.1, -0.05) is 13.3 Å². The number of aromatic nitrogens is 2. The Labute approximate surface area is 149 Å². The van der Waals surface area contributed by atoms with Crippen LogP contribution in [0.25, 0.3) is 17.1 Å². The SMILES string of the molecule is CCCCNC(=O)c1cc(-c2ccco2)nn1-c1ccc([N+](=O)[O-])cc1. The number of hydrogen-bond acceptors (Lipinski definition) is 5. The van der Waals surface area contributed by atoms with Gasteiger partial charge in [-0.05, 0) is 30.7 Å². The van der Waals surface area contributed by atoms with E-state index in [0.717, 1.165) is 12.8 Å². The fourth-order valence-corrected chi connectivity index (χ4v) is 2.47. The molecule has 1 amide bonds. The third kappa shape index (κ3) is 3.64. The summed E-state index contributed by atoms with van der Waals surface area (Å²) in [5.74, 6) is 0.273. The van der Waals surface area contributed by atoms with E-state index in [0.29, 0.717) is 29.4 Å². The average molecular weight is 354 g/mol. The van der Waals surface area contributed by atoms with Gasteiger partial charge in [-0.15, -0.1) is 0 Å². The molecule has 0 fully saturated rings. The Morgan fingerprint density at radius 1 is 1.31 bits per heavy atom. The van der Waals surface area contributed by atoms with Crippen LogP contribution in [0.4, 0.5) is 5.69 Å². The lowest BCUT2D eigenvalue weighted by molar-refractivity contribution is -0.384. The molecule has 0 spiro atoms. The molecular weight excluding hydrogens is 336 g/mol. The molecule has 0 bridgehead atoms. The fraction of sp³-hybridized carbons (Fsp3) is 0.222. The zero-order valence-electron chi connectivity index (χ0n) is 14.2. The molecule has 1 N–H and O–H groups in total. The van der Waals surface area contributed by atoms with Gasteiger partial charge in [0, 0.05) is 24.7 Å². The fourth-order valence-electron chi connectivity index (χ4n) is 2.47. The molecule has 0 aliphatic rings. The average Bonchev–Trinajstić information content (AvgIpc) is 3.31. The second-order valence-corrected chi connectivity index (χ2v) is 5.69. The molecule has 0 saturated carbocycles. The van der Waals surface area contributed by atoms with Gasteiger partial charge >= 0.3 is 0 Å². The summed E-state index contributed by atoms with van der Waals surface area (Å²) in [6.07, 6.45) is 3.38. The van der Waals surface area contributed by atoms with Crippen molar-refractivity contribution < 1.29 is 14.1 Å². The Kier molecular flexibility index (Phi) is 5.12. The van der Waals surface area contributed by atoms with Crippen molar-refractivity contribution in [1.29, 1.82) is 0 Å². The van der Waals surface area contributed by atoms with E-state index in [1.54, 1.807) is 30.3 Å².